The molecule has 8 heteroatoms. The third-order valence-electron chi connectivity index (χ3n) is 3.49. The van der Waals surface area contributed by atoms with Crippen LogP contribution in [0.4, 0.5) is 0 Å². The fourth-order valence-electron chi connectivity index (χ4n) is 2.42. The molecule has 20 heavy (non-hydrogen) atoms. The van der Waals surface area contributed by atoms with Gasteiger partial charge in [0.15, 0.2) is 5.03 Å². The van der Waals surface area contributed by atoms with E-state index >= 15 is 0 Å². The first kappa shape index (κ1) is 15.4. The molecule has 0 saturated carbocycles. The smallest absolute Gasteiger partial charge is 0.260 e. The fourth-order valence-corrected chi connectivity index (χ4v) is 4.06. The van der Waals surface area contributed by atoms with Crippen LogP contribution in [0.1, 0.15) is 18.9 Å². The van der Waals surface area contributed by atoms with E-state index in [2.05, 4.69) is 15.5 Å². The van der Waals surface area contributed by atoms with E-state index in [1.54, 1.807) is 13.3 Å². The maximum atomic E-state index is 12.6. The van der Waals surface area contributed by atoms with Crippen molar-refractivity contribution in [1.82, 2.24) is 19.8 Å². The summed E-state index contributed by atoms with van der Waals surface area (Å²) in [5.41, 5.74) is 0.682. The van der Waals surface area contributed by atoms with Crippen molar-refractivity contribution in [2.45, 2.75) is 24.9 Å². The minimum atomic E-state index is -3.49. The average Bonchev–Trinajstić information content (AvgIpc) is 3.05. The molecular formula is C12H22N4O3S. The Hall–Kier alpha value is -0.960. The first-order valence-electron chi connectivity index (χ1n) is 6.81. The lowest BCUT2D eigenvalue weighted by Gasteiger charge is -2.16. The number of hydrogen-bond donors (Lipinski definition) is 2. The van der Waals surface area contributed by atoms with Gasteiger partial charge in [-0.2, -0.15) is 9.40 Å². The number of aromatic amines is 1. The molecular weight excluding hydrogens is 280 g/mol. The number of H-pyrrole nitrogens is 1. The zero-order valence-corrected chi connectivity index (χ0v) is 12.7. The summed E-state index contributed by atoms with van der Waals surface area (Å²) in [6.45, 7) is 4.90. The summed E-state index contributed by atoms with van der Waals surface area (Å²) in [6, 6.07) is 0. The quantitative estimate of drug-likeness (QED) is 0.750. The van der Waals surface area contributed by atoms with Crippen LogP contribution in [0.2, 0.25) is 0 Å². The molecule has 1 aliphatic heterocycles. The molecule has 1 atom stereocenters. The lowest BCUT2D eigenvalue weighted by atomic mass is 10.1. The average molecular weight is 302 g/mol. The number of methoxy groups -OCH3 is 1. The van der Waals surface area contributed by atoms with Crippen LogP contribution in [0.15, 0.2) is 11.2 Å². The van der Waals surface area contributed by atoms with Crippen LogP contribution < -0.4 is 5.32 Å². The third-order valence-corrected chi connectivity index (χ3v) is 5.37. The van der Waals surface area contributed by atoms with Crippen molar-refractivity contribution < 1.29 is 13.2 Å². The van der Waals surface area contributed by atoms with Crippen molar-refractivity contribution in [3.63, 3.8) is 0 Å². The van der Waals surface area contributed by atoms with Crippen molar-refractivity contribution in [3.8, 4) is 0 Å². The SMILES string of the molecule is CCNCc1cn[nH]c1S(=O)(=O)N1CCC(COC)C1. The van der Waals surface area contributed by atoms with Gasteiger partial charge in [0.25, 0.3) is 10.0 Å². The fraction of sp³-hybridized carbons (Fsp3) is 0.750. The van der Waals surface area contributed by atoms with Gasteiger partial charge >= 0.3 is 0 Å². The van der Waals surface area contributed by atoms with Crippen LogP contribution in [0.5, 0.6) is 0 Å². The van der Waals surface area contributed by atoms with Crippen molar-refractivity contribution in [2.24, 2.45) is 5.92 Å². The Morgan fingerprint density at radius 3 is 3.10 bits per heavy atom. The van der Waals surface area contributed by atoms with Gasteiger partial charge in [0.2, 0.25) is 0 Å². The second-order valence-electron chi connectivity index (χ2n) is 4.98. The molecule has 2 N–H and O–H groups in total. The van der Waals surface area contributed by atoms with E-state index in [4.69, 9.17) is 4.74 Å². The Morgan fingerprint density at radius 1 is 1.60 bits per heavy atom. The van der Waals surface area contributed by atoms with Crippen LogP contribution in [0, 0.1) is 5.92 Å². The van der Waals surface area contributed by atoms with E-state index in [-0.39, 0.29) is 10.9 Å². The summed E-state index contributed by atoms with van der Waals surface area (Å²) in [5, 5.41) is 9.83. The second-order valence-corrected chi connectivity index (χ2v) is 6.85. The third kappa shape index (κ3) is 3.20. The van der Waals surface area contributed by atoms with Gasteiger partial charge in [-0.15, -0.1) is 0 Å². The van der Waals surface area contributed by atoms with Gasteiger partial charge in [-0.05, 0) is 18.9 Å². The molecule has 1 aromatic rings. The lowest BCUT2D eigenvalue weighted by Crippen LogP contribution is -2.30. The second kappa shape index (κ2) is 6.66. The minimum Gasteiger partial charge on any atom is -0.384 e. The Morgan fingerprint density at radius 2 is 2.40 bits per heavy atom. The van der Waals surface area contributed by atoms with Crippen LogP contribution >= 0.6 is 0 Å². The van der Waals surface area contributed by atoms with Crippen LogP contribution in [-0.4, -0.2) is 56.3 Å². The van der Waals surface area contributed by atoms with Gasteiger partial charge in [0.05, 0.1) is 12.8 Å². The van der Waals surface area contributed by atoms with Crippen molar-refractivity contribution in [1.29, 1.82) is 0 Å². The Kier molecular flexibility index (Phi) is 5.14. The molecule has 0 radical (unpaired) electrons. The number of nitrogens with zero attached hydrogens (tertiary/aromatic N) is 2. The van der Waals surface area contributed by atoms with E-state index in [1.165, 1.54) is 4.31 Å². The van der Waals surface area contributed by atoms with Crippen LogP contribution in [-0.2, 0) is 21.3 Å². The molecule has 1 aromatic heterocycles. The maximum absolute atomic E-state index is 12.6. The van der Waals surface area contributed by atoms with E-state index in [0.717, 1.165) is 13.0 Å². The highest BCUT2D eigenvalue weighted by atomic mass is 32.2. The summed E-state index contributed by atoms with van der Waals surface area (Å²) in [5.74, 6) is 0.273. The molecule has 1 saturated heterocycles. The maximum Gasteiger partial charge on any atom is 0.260 e. The predicted octanol–water partition coefficient (Wildman–Crippen LogP) is 0.176. The van der Waals surface area contributed by atoms with Crippen molar-refractivity contribution in [2.75, 3.05) is 33.4 Å². The number of nitrogens with one attached hydrogen (secondary N) is 2. The largest absolute Gasteiger partial charge is 0.384 e. The molecule has 0 amide bonds. The summed E-state index contributed by atoms with van der Waals surface area (Å²) < 4.78 is 31.8. The topological polar surface area (TPSA) is 87.3 Å². The first-order valence-corrected chi connectivity index (χ1v) is 8.25. The zero-order chi connectivity index (χ0) is 14.6. The highest BCUT2D eigenvalue weighted by molar-refractivity contribution is 7.89. The zero-order valence-electron chi connectivity index (χ0n) is 11.9. The lowest BCUT2D eigenvalue weighted by molar-refractivity contribution is 0.157. The van der Waals surface area contributed by atoms with Gasteiger partial charge in [-0.1, -0.05) is 6.92 Å². The van der Waals surface area contributed by atoms with E-state index in [9.17, 15) is 8.42 Å². The Labute approximate surface area is 119 Å². The normalized spacial score (nSPS) is 20.6. The molecule has 1 fully saturated rings. The van der Waals surface area contributed by atoms with E-state index in [0.29, 0.717) is 31.8 Å². The molecule has 0 bridgehead atoms. The van der Waals surface area contributed by atoms with Crippen LogP contribution in [0.3, 0.4) is 0 Å². The highest BCUT2D eigenvalue weighted by Crippen LogP contribution is 2.25. The molecule has 2 rings (SSSR count). The van der Waals surface area contributed by atoms with Gasteiger partial charge in [-0.3, -0.25) is 5.10 Å². The molecule has 1 unspecified atom stereocenters. The predicted molar refractivity (Wildman–Crippen MR) is 74.7 cm³/mol. The summed E-state index contributed by atoms with van der Waals surface area (Å²) in [7, 11) is -1.85. The molecule has 0 spiro atoms. The highest BCUT2D eigenvalue weighted by Gasteiger charge is 2.34. The van der Waals surface area contributed by atoms with Gasteiger partial charge in [-0.25, -0.2) is 8.42 Å². The molecule has 7 nitrogen and oxygen atoms in total. The summed E-state index contributed by atoms with van der Waals surface area (Å²) in [6.07, 6.45) is 2.40. The monoisotopic (exact) mass is 302 g/mol. The Bertz CT molecular complexity index is 529. The number of sulfonamides is 1. The van der Waals surface area contributed by atoms with E-state index < -0.39 is 10.0 Å². The van der Waals surface area contributed by atoms with Gasteiger partial charge in [0, 0.05) is 32.3 Å². The first-order chi connectivity index (χ1) is 9.59. The van der Waals surface area contributed by atoms with Crippen molar-refractivity contribution in [3.05, 3.63) is 11.8 Å². The number of hydrogen-bond acceptors (Lipinski definition) is 5. The Balaban J connectivity index is 2.13. The summed E-state index contributed by atoms with van der Waals surface area (Å²) >= 11 is 0. The molecule has 2 heterocycles. The minimum absolute atomic E-state index is 0.205. The number of rotatable bonds is 7. The van der Waals surface area contributed by atoms with Gasteiger partial charge in [0.1, 0.15) is 0 Å². The van der Waals surface area contributed by atoms with Gasteiger partial charge < -0.3 is 10.1 Å². The molecule has 0 aromatic carbocycles. The standard InChI is InChI=1S/C12H22N4O3S/c1-3-13-6-11-7-14-15-12(11)20(17,18)16-5-4-10(8-16)9-19-2/h7,10,13H,3-6,8-9H2,1-2H3,(H,14,15). The van der Waals surface area contributed by atoms with Crippen LogP contribution in [0.25, 0.3) is 0 Å². The number of aromatic nitrogens is 2. The molecule has 1 aliphatic rings. The van der Waals surface area contributed by atoms with E-state index in [1.807, 2.05) is 6.92 Å². The summed E-state index contributed by atoms with van der Waals surface area (Å²) in [4.78, 5) is 0. The molecule has 114 valence electrons. The molecule has 0 aliphatic carbocycles. The van der Waals surface area contributed by atoms with Crippen molar-refractivity contribution >= 4 is 10.0 Å². The number of ether oxygens (including phenoxy) is 1.